The summed E-state index contributed by atoms with van der Waals surface area (Å²) < 4.78 is 35.9. The Hall–Kier alpha value is -1.78. The van der Waals surface area contributed by atoms with E-state index in [1.807, 2.05) is 0 Å². The van der Waals surface area contributed by atoms with E-state index < -0.39 is 40.2 Å². The smallest absolute Gasteiger partial charge is 1.00 e. The van der Waals surface area contributed by atoms with Crippen LogP contribution in [0.4, 0.5) is 5.13 Å². The number of esters is 1. The molecule has 2 atom stereocenters. The van der Waals surface area contributed by atoms with Crippen molar-refractivity contribution in [1.82, 2.24) is 14.6 Å². The minimum Gasteiger partial charge on any atom is -1.00 e. The van der Waals surface area contributed by atoms with Crippen LogP contribution in [-0.4, -0.2) is 71.6 Å². The summed E-state index contributed by atoms with van der Waals surface area (Å²) in [6.07, 6.45) is 0. The Morgan fingerprint density at radius 2 is 2.18 bits per heavy atom. The first-order valence-electron chi connectivity index (χ1n) is 7.22. The summed E-state index contributed by atoms with van der Waals surface area (Å²) in [5, 5.41) is 7.32. The van der Waals surface area contributed by atoms with Gasteiger partial charge >= 0.3 is 45.8 Å². The molecule has 150 valence electrons. The average Bonchev–Trinajstić information content (AvgIpc) is 3.01. The van der Waals surface area contributed by atoms with Gasteiger partial charge in [0.25, 0.3) is 11.8 Å². The van der Waals surface area contributed by atoms with Gasteiger partial charge in [-0.15, -0.1) is 11.3 Å². The van der Waals surface area contributed by atoms with Crippen LogP contribution in [0, 0.1) is 0 Å². The molecular formula is C12H16N5NaO8S2. The molecule has 1 fully saturated rings. The zero-order valence-corrected chi connectivity index (χ0v) is 18.6. The number of nitrogens with zero attached hydrogens (tertiary/aromatic N) is 3. The molecule has 4 N–H and O–H groups in total. The number of hydrogen-bond donors (Lipinski definition) is 3. The topological polar surface area (TPSA) is 191 Å². The number of rotatable bonds is 7. The third-order valence-corrected chi connectivity index (χ3v) is 4.87. The van der Waals surface area contributed by atoms with E-state index in [4.69, 9.17) is 15.1 Å². The zero-order valence-electron chi connectivity index (χ0n) is 16.0. The molecular weight excluding hydrogens is 429 g/mol. The van der Waals surface area contributed by atoms with Crippen LogP contribution in [-0.2, 0) is 34.3 Å². The first-order valence-corrected chi connectivity index (χ1v) is 9.50. The number of β-lactam (4-membered cyclic amide) rings is 1. The van der Waals surface area contributed by atoms with Crippen molar-refractivity contribution in [2.75, 3.05) is 19.5 Å². The molecule has 13 nitrogen and oxygen atoms in total. The van der Waals surface area contributed by atoms with Crippen molar-refractivity contribution in [3.8, 4) is 0 Å². The molecule has 1 saturated heterocycles. The Labute approximate surface area is 186 Å². The Morgan fingerprint density at radius 3 is 2.64 bits per heavy atom. The van der Waals surface area contributed by atoms with Crippen LogP contribution in [0.5, 0.6) is 0 Å². The molecule has 16 heteroatoms. The van der Waals surface area contributed by atoms with Crippen molar-refractivity contribution in [2.24, 2.45) is 5.16 Å². The van der Waals surface area contributed by atoms with Crippen LogP contribution in [0.3, 0.4) is 0 Å². The van der Waals surface area contributed by atoms with Crippen molar-refractivity contribution in [3.63, 3.8) is 0 Å². The number of anilines is 1. The third kappa shape index (κ3) is 4.98. The minimum absolute atomic E-state index is 0. The van der Waals surface area contributed by atoms with E-state index >= 15 is 0 Å². The molecule has 0 aliphatic carbocycles. The van der Waals surface area contributed by atoms with Crippen LogP contribution < -0.4 is 40.6 Å². The number of thiazole rings is 1. The summed E-state index contributed by atoms with van der Waals surface area (Å²) in [7, 11) is -4.07. The molecule has 0 radical (unpaired) electrons. The second kappa shape index (κ2) is 9.62. The molecule has 2 unspecified atom stereocenters. The summed E-state index contributed by atoms with van der Waals surface area (Å²) in [4.78, 5) is 45.0. The van der Waals surface area contributed by atoms with Gasteiger partial charge in [-0.25, -0.2) is 9.78 Å². The number of hydrogen-bond acceptors (Lipinski definition) is 11. The minimum atomic E-state index is -5.02. The number of nitrogens with two attached hydrogens (primary N) is 1. The molecule has 2 heterocycles. The van der Waals surface area contributed by atoms with Crippen molar-refractivity contribution < 1.29 is 67.9 Å². The van der Waals surface area contributed by atoms with E-state index in [1.165, 1.54) is 5.38 Å². The van der Waals surface area contributed by atoms with Crippen molar-refractivity contribution in [1.29, 1.82) is 0 Å². The molecule has 0 saturated carbocycles. The van der Waals surface area contributed by atoms with Crippen LogP contribution in [0.25, 0.3) is 0 Å². The Balaban J connectivity index is 0.00000392. The van der Waals surface area contributed by atoms with Gasteiger partial charge in [0.05, 0.1) is 7.11 Å². The van der Waals surface area contributed by atoms with Gasteiger partial charge in [0.2, 0.25) is 0 Å². The van der Waals surface area contributed by atoms with Crippen molar-refractivity contribution in [2.45, 2.75) is 19.0 Å². The number of aromatic nitrogens is 1. The summed E-state index contributed by atoms with van der Waals surface area (Å²) in [5.74, 6) is -3.36. The maximum absolute atomic E-state index is 12.5. The van der Waals surface area contributed by atoms with E-state index in [2.05, 4.69) is 20.2 Å². The monoisotopic (exact) mass is 445 g/mol. The van der Waals surface area contributed by atoms with Gasteiger partial charge in [0, 0.05) is 5.38 Å². The van der Waals surface area contributed by atoms with E-state index in [0.29, 0.717) is 0 Å². The molecule has 1 aliphatic rings. The van der Waals surface area contributed by atoms with E-state index in [1.54, 1.807) is 6.92 Å². The molecule has 2 amide bonds. The van der Waals surface area contributed by atoms with Gasteiger partial charge in [-0.2, -0.15) is 12.7 Å². The second-order valence-electron chi connectivity index (χ2n) is 4.96. The molecule has 1 aromatic rings. The quantitative estimate of drug-likeness (QED) is 0.0917. The first kappa shape index (κ1) is 24.3. The number of carbonyl (C=O) groups excluding carboxylic acids is 3. The summed E-state index contributed by atoms with van der Waals surface area (Å²) in [6, 6.07) is -3.37. The number of oxime groups is 1. The van der Waals surface area contributed by atoms with Gasteiger partial charge < -0.3 is 22.1 Å². The number of nitrogen functional groups attached to an aromatic ring is 1. The first-order chi connectivity index (χ1) is 12.6. The number of ether oxygens (including phenoxy) is 1. The maximum Gasteiger partial charge on any atom is 1.00 e. The average molecular weight is 445 g/mol. The largest absolute Gasteiger partial charge is 1.00 e. The zero-order chi connectivity index (χ0) is 20.4. The van der Waals surface area contributed by atoms with E-state index in [9.17, 15) is 22.8 Å². The van der Waals surface area contributed by atoms with Gasteiger partial charge in [-0.3, -0.25) is 14.1 Å². The molecule has 1 aliphatic heterocycles. The fourth-order valence-electron chi connectivity index (χ4n) is 2.15. The SMILES string of the molecule is CCO/N=C(\C(=O)NC1C(=O)N(S(=O)(=O)O)C1C(=O)OC)c1csc(N)n1.[H-].[Na+]. The normalized spacial score (nSPS) is 19.3. The predicted molar refractivity (Wildman–Crippen MR) is 91.9 cm³/mol. The Morgan fingerprint density at radius 1 is 1.54 bits per heavy atom. The summed E-state index contributed by atoms with van der Waals surface area (Å²) >= 11 is 1.02. The molecule has 2 rings (SSSR count). The Kier molecular flexibility index (Phi) is 8.33. The van der Waals surface area contributed by atoms with Crippen LogP contribution in [0.1, 0.15) is 14.0 Å². The molecule has 0 bridgehead atoms. The summed E-state index contributed by atoms with van der Waals surface area (Å²) in [6.45, 7) is 1.74. The van der Waals surface area contributed by atoms with Gasteiger partial charge in [0.15, 0.2) is 16.9 Å². The third-order valence-electron chi connectivity index (χ3n) is 3.29. The van der Waals surface area contributed by atoms with Crippen molar-refractivity contribution in [3.05, 3.63) is 11.1 Å². The number of carbonyl (C=O) groups is 3. The maximum atomic E-state index is 12.5. The molecule has 0 aromatic carbocycles. The fourth-order valence-corrected chi connectivity index (χ4v) is 3.54. The molecule has 0 spiro atoms. The van der Waals surface area contributed by atoms with Crippen LogP contribution in [0.2, 0.25) is 0 Å². The molecule has 28 heavy (non-hydrogen) atoms. The standard InChI is InChI=1S/C12H15N5O8S2.Na.H/c1-3-25-16-6(5-4-26-12(13)14-5)9(18)15-7-8(11(20)24-2)17(10(7)19)27(21,22)23;;/h4,7-8H,3H2,1-2H3,(H2,13,14)(H,15,18)(H,21,22,23);;/q;+1;-1/b16-6-;;. The van der Waals surface area contributed by atoms with Crippen molar-refractivity contribution >= 4 is 50.3 Å². The van der Waals surface area contributed by atoms with Gasteiger partial charge in [-0.05, 0) is 6.92 Å². The number of methoxy groups -OCH3 is 1. The van der Waals surface area contributed by atoms with E-state index in [0.717, 1.165) is 18.4 Å². The van der Waals surface area contributed by atoms with Crippen LogP contribution in [0.15, 0.2) is 10.5 Å². The second-order valence-corrected chi connectivity index (χ2v) is 7.14. The van der Waals surface area contributed by atoms with Gasteiger partial charge in [0.1, 0.15) is 18.3 Å². The fraction of sp³-hybridized carbons (Fsp3) is 0.417. The summed E-state index contributed by atoms with van der Waals surface area (Å²) in [5.41, 5.74) is 5.23. The number of nitrogens with one attached hydrogen (secondary N) is 1. The molecule has 1 aromatic heterocycles. The number of amides is 2. The Bertz CT molecular complexity index is 908. The van der Waals surface area contributed by atoms with E-state index in [-0.39, 0.29) is 58.4 Å². The van der Waals surface area contributed by atoms with Crippen LogP contribution >= 0.6 is 11.3 Å². The van der Waals surface area contributed by atoms with Gasteiger partial charge in [-0.1, -0.05) is 5.16 Å². The predicted octanol–water partition coefficient (Wildman–Crippen LogP) is -4.75.